The largest absolute Gasteiger partial charge is 0.452 e. The standard InChI is InChI=1S/C21H21F2N3O5/c1-13-6-8-25(9-7-13)18-5-2-14(10-19(18)26(29)30)21(28)31-12-20(27)24-15-3-4-16(22)17(23)11-15/h2-5,10-11,13H,6-9,12H2,1H3,(H,24,27). The monoisotopic (exact) mass is 433 g/mol. The van der Waals surface area contributed by atoms with E-state index in [2.05, 4.69) is 12.2 Å². The van der Waals surface area contributed by atoms with Crippen LogP contribution in [0.15, 0.2) is 36.4 Å². The summed E-state index contributed by atoms with van der Waals surface area (Å²) in [5.74, 6) is -3.32. The lowest BCUT2D eigenvalue weighted by Gasteiger charge is -2.31. The maximum absolute atomic E-state index is 13.2. The van der Waals surface area contributed by atoms with Crippen LogP contribution in [0, 0.1) is 27.7 Å². The van der Waals surface area contributed by atoms with Gasteiger partial charge in [-0.25, -0.2) is 13.6 Å². The zero-order valence-corrected chi connectivity index (χ0v) is 16.8. The van der Waals surface area contributed by atoms with E-state index in [1.807, 2.05) is 4.90 Å². The third-order valence-electron chi connectivity index (χ3n) is 5.07. The van der Waals surface area contributed by atoms with Crippen molar-refractivity contribution in [2.75, 3.05) is 29.9 Å². The van der Waals surface area contributed by atoms with Crippen molar-refractivity contribution in [3.8, 4) is 0 Å². The van der Waals surface area contributed by atoms with E-state index in [4.69, 9.17) is 4.74 Å². The lowest BCUT2D eigenvalue weighted by molar-refractivity contribution is -0.384. The van der Waals surface area contributed by atoms with Gasteiger partial charge >= 0.3 is 5.97 Å². The number of amides is 1. The molecule has 0 spiro atoms. The second-order valence-corrected chi connectivity index (χ2v) is 7.38. The highest BCUT2D eigenvalue weighted by Crippen LogP contribution is 2.32. The first-order chi connectivity index (χ1) is 14.7. The number of benzene rings is 2. The molecular weight excluding hydrogens is 412 g/mol. The minimum Gasteiger partial charge on any atom is -0.452 e. The van der Waals surface area contributed by atoms with Crippen LogP contribution >= 0.6 is 0 Å². The molecule has 1 fully saturated rings. The van der Waals surface area contributed by atoms with Gasteiger partial charge in [-0.1, -0.05) is 6.92 Å². The number of ether oxygens (including phenoxy) is 1. The Morgan fingerprint density at radius 1 is 1.16 bits per heavy atom. The molecule has 1 N–H and O–H groups in total. The summed E-state index contributed by atoms with van der Waals surface area (Å²) in [5.41, 5.74) is 0.150. The molecule has 2 aromatic rings. The van der Waals surface area contributed by atoms with Gasteiger partial charge in [0.05, 0.1) is 10.5 Å². The fraction of sp³-hybridized carbons (Fsp3) is 0.333. The molecule has 0 aromatic heterocycles. The van der Waals surface area contributed by atoms with Crippen LogP contribution in [-0.2, 0) is 9.53 Å². The van der Waals surface area contributed by atoms with E-state index in [-0.39, 0.29) is 16.9 Å². The van der Waals surface area contributed by atoms with E-state index in [1.165, 1.54) is 12.1 Å². The van der Waals surface area contributed by atoms with Crippen molar-refractivity contribution in [3.05, 3.63) is 63.7 Å². The molecule has 1 aliphatic rings. The Kier molecular flexibility index (Phi) is 6.78. The Morgan fingerprint density at radius 3 is 2.52 bits per heavy atom. The first-order valence-corrected chi connectivity index (χ1v) is 9.70. The first kappa shape index (κ1) is 22.1. The van der Waals surface area contributed by atoms with Crippen molar-refractivity contribution in [2.24, 2.45) is 5.92 Å². The lowest BCUT2D eigenvalue weighted by atomic mass is 9.98. The number of nitrogens with one attached hydrogen (secondary N) is 1. The normalized spacial score (nSPS) is 14.2. The third-order valence-corrected chi connectivity index (χ3v) is 5.07. The fourth-order valence-electron chi connectivity index (χ4n) is 3.30. The summed E-state index contributed by atoms with van der Waals surface area (Å²) in [5, 5.41) is 13.8. The predicted molar refractivity (Wildman–Crippen MR) is 109 cm³/mol. The summed E-state index contributed by atoms with van der Waals surface area (Å²) in [6, 6.07) is 6.84. The molecule has 3 rings (SSSR count). The number of nitro benzene ring substituents is 1. The number of nitro groups is 1. The Morgan fingerprint density at radius 2 is 1.87 bits per heavy atom. The van der Waals surface area contributed by atoms with Gasteiger partial charge in [0.2, 0.25) is 0 Å². The number of piperidine rings is 1. The minimum atomic E-state index is -1.13. The highest BCUT2D eigenvalue weighted by atomic mass is 19.2. The van der Waals surface area contributed by atoms with Gasteiger partial charge in [0.25, 0.3) is 11.6 Å². The van der Waals surface area contributed by atoms with E-state index >= 15 is 0 Å². The molecule has 0 bridgehead atoms. The molecule has 1 amide bonds. The predicted octanol–water partition coefficient (Wildman–Crippen LogP) is 3.90. The summed E-state index contributed by atoms with van der Waals surface area (Å²) < 4.78 is 31.0. The summed E-state index contributed by atoms with van der Waals surface area (Å²) >= 11 is 0. The van der Waals surface area contributed by atoms with Gasteiger partial charge in [-0.15, -0.1) is 0 Å². The van der Waals surface area contributed by atoms with Crippen LogP contribution in [0.25, 0.3) is 0 Å². The number of nitrogens with zero attached hydrogens (tertiary/aromatic N) is 2. The first-order valence-electron chi connectivity index (χ1n) is 9.70. The zero-order valence-electron chi connectivity index (χ0n) is 16.8. The quantitative estimate of drug-likeness (QED) is 0.421. The number of carbonyl (C=O) groups is 2. The minimum absolute atomic E-state index is 0.00390. The van der Waals surface area contributed by atoms with Gasteiger partial charge < -0.3 is 15.0 Å². The van der Waals surface area contributed by atoms with Gasteiger partial charge in [-0.3, -0.25) is 14.9 Å². The average molecular weight is 433 g/mol. The van der Waals surface area contributed by atoms with Crippen molar-refractivity contribution in [1.82, 2.24) is 0 Å². The van der Waals surface area contributed by atoms with Gasteiger partial charge in [-0.05, 0) is 43.0 Å². The summed E-state index contributed by atoms with van der Waals surface area (Å²) in [7, 11) is 0. The van der Waals surface area contributed by atoms with Crippen molar-refractivity contribution < 1.29 is 28.0 Å². The van der Waals surface area contributed by atoms with Crippen LogP contribution in [0.1, 0.15) is 30.1 Å². The molecule has 10 heteroatoms. The Balaban J connectivity index is 1.64. The van der Waals surface area contributed by atoms with Crippen LogP contribution in [0.4, 0.5) is 25.8 Å². The molecule has 164 valence electrons. The zero-order chi connectivity index (χ0) is 22.5. The number of hydrogen-bond acceptors (Lipinski definition) is 6. The van der Waals surface area contributed by atoms with Crippen molar-refractivity contribution in [2.45, 2.75) is 19.8 Å². The lowest BCUT2D eigenvalue weighted by Crippen LogP contribution is -2.33. The second-order valence-electron chi connectivity index (χ2n) is 7.38. The molecule has 0 unspecified atom stereocenters. The molecule has 0 aliphatic carbocycles. The topological polar surface area (TPSA) is 102 Å². The van der Waals surface area contributed by atoms with E-state index in [0.29, 0.717) is 24.7 Å². The second kappa shape index (κ2) is 9.50. The number of carbonyl (C=O) groups excluding carboxylic acids is 2. The molecular formula is C21H21F2N3O5. The van der Waals surface area contributed by atoms with Gasteiger partial charge in [0.1, 0.15) is 5.69 Å². The summed E-state index contributed by atoms with van der Waals surface area (Å²) in [6.07, 6.45) is 1.85. The Bertz CT molecular complexity index is 1010. The van der Waals surface area contributed by atoms with Crippen molar-refractivity contribution in [3.63, 3.8) is 0 Å². The fourth-order valence-corrected chi connectivity index (χ4v) is 3.30. The number of anilines is 2. The van der Waals surface area contributed by atoms with Crippen molar-refractivity contribution >= 4 is 28.9 Å². The summed E-state index contributed by atoms with van der Waals surface area (Å²) in [6.45, 7) is 2.82. The van der Waals surface area contributed by atoms with Crippen LogP contribution in [0.3, 0.4) is 0 Å². The maximum Gasteiger partial charge on any atom is 0.338 e. The van der Waals surface area contributed by atoms with E-state index in [1.54, 1.807) is 0 Å². The molecule has 1 saturated heterocycles. The van der Waals surface area contributed by atoms with Gasteiger partial charge in [0.15, 0.2) is 18.2 Å². The molecule has 0 radical (unpaired) electrons. The van der Waals surface area contributed by atoms with E-state index in [0.717, 1.165) is 37.1 Å². The van der Waals surface area contributed by atoms with Gasteiger partial charge in [0, 0.05) is 30.9 Å². The van der Waals surface area contributed by atoms with Crippen LogP contribution in [0.5, 0.6) is 0 Å². The highest BCUT2D eigenvalue weighted by Gasteiger charge is 2.25. The molecule has 8 nitrogen and oxygen atoms in total. The molecule has 2 aromatic carbocycles. The highest BCUT2D eigenvalue weighted by molar-refractivity contribution is 5.96. The van der Waals surface area contributed by atoms with E-state index < -0.39 is 35.0 Å². The summed E-state index contributed by atoms with van der Waals surface area (Å²) in [4.78, 5) is 37.0. The number of rotatable bonds is 6. The Hall–Kier alpha value is -3.56. The van der Waals surface area contributed by atoms with Crippen LogP contribution < -0.4 is 10.2 Å². The SMILES string of the molecule is CC1CCN(c2ccc(C(=O)OCC(=O)Nc3ccc(F)c(F)c3)cc2[N+](=O)[O-])CC1. The molecule has 0 saturated carbocycles. The maximum atomic E-state index is 13.2. The molecule has 31 heavy (non-hydrogen) atoms. The molecule has 1 heterocycles. The van der Waals surface area contributed by atoms with Crippen LogP contribution in [0.2, 0.25) is 0 Å². The number of esters is 1. The number of halogens is 2. The third kappa shape index (κ3) is 5.53. The smallest absolute Gasteiger partial charge is 0.338 e. The van der Waals surface area contributed by atoms with E-state index in [9.17, 15) is 28.5 Å². The van der Waals surface area contributed by atoms with Crippen LogP contribution in [-0.4, -0.2) is 36.5 Å². The molecule has 1 aliphatic heterocycles. The Labute approximate surface area is 176 Å². The average Bonchev–Trinajstić information content (AvgIpc) is 2.75. The van der Waals surface area contributed by atoms with Crippen molar-refractivity contribution in [1.29, 1.82) is 0 Å². The molecule has 0 atom stereocenters. The number of hydrogen-bond donors (Lipinski definition) is 1. The van der Waals surface area contributed by atoms with Gasteiger partial charge in [-0.2, -0.15) is 0 Å².